The predicted octanol–water partition coefficient (Wildman–Crippen LogP) is 12.7. The van der Waals surface area contributed by atoms with Crippen molar-refractivity contribution < 1.29 is 0 Å². The van der Waals surface area contributed by atoms with Crippen LogP contribution in [-0.4, -0.2) is 0 Å². The second-order valence-corrected chi connectivity index (χ2v) is 12.5. The maximum Gasteiger partial charge on any atom is -0.00203 e. The van der Waals surface area contributed by atoms with Crippen LogP contribution in [0.25, 0.3) is 108 Å². The molecule has 11 aromatic rings. The summed E-state index contributed by atoms with van der Waals surface area (Å²) in [6.45, 7) is 0. The van der Waals surface area contributed by atoms with Crippen molar-refractivity contribution in [3.05, 3.63) is 146 Å². The fourth-order valence-corrected chi connectivity index (χ4v) is 8.10. The van der Waals surface area contributed by atoms with E-state index in [1.165, 1.54) is 108 Å². The van der Waals surface area contributed by atoms with Gasteiger partial charge in [-0.25, -0.2) is 0 Å². The van der Waals surface area contributed by atoms with Crippen molar-refractivity contribution in [2.24, 2.45) is 0 Å². The zero-order chi connectivity index (χ0) is 28.5. The average molecular weight is 553 g/mol. The second-order valence-electron chi connectivity index (χ2n) is 12.5. The molecule has 0 N–H and O–H groups in total. The predicted molar refractivity (Wildman–Crippen MR) is 193 cm³/mol. The molecule has 0 saturated heterocycles. The van der Waals surface area contributed by atoms with Gasteiger partial charge < -0.3 is 0 Å². The van der Waals surface area contributed by atoms with Gasteiger partial charge in [-0.2, -0.15) is 0 Å². The minimum Gasteiger partial charge on any atom is -0.0537 e. The third kappa shape index (κ3) is 2.92. The maximum atomic E-state index is 2.43. The van der Waals surface area contributed by atoms with Crippen molar-refractivity contribution in [3.63, 3.8) is 0 Å². The second kappa shape index (κ2) is 8.01. The van der Waals surface area contributed by atoms with Gasteiger partial charge in [-0.3, -0.25) is 0 Å². The quantitative estimate of drug-likeness (QED) is 0.164. The number of hydrogen-bond donors (Lipinski definition) is 0. The van der Waals surface area contributed by atoms with Gasteiger partial charge in [0.15, 0.2) is 0 Å². The molecule has 0 atom stereocenters. The molecule has 0 heteroatoms. The van der Waals surface area contributed by atoms with E-state index in [0.717, 1.165) is 0 Å². The Morgan fingerprint density at radius 2 is 0.318 bits per heavy atom. The smallest absolute Gasteiger partial charge is 0.00203 e. The van der Waals surface area contributed by atoms with E-state index in [1.807, 2.05) is 0 Å². The van der Waals surface area contributed by atoms with Gasteiger partial charge in [0.25, 0.3) is 0 Å². The lowest BCUT2D eigenvalue weighted by Crippen LogP contribution is -1.86. The van der Waals surface area contributed by atoms with Gasteiger partial charge in [0.05, 0.1) is 0 Å². The molecule has 44 heavy (non-hydrogen) atoms. The summed E-state index contributed by atoms with van der Waals surface area (Å²) in [7, 11) is 0. The highest BCUT2D eigenvalue weighted by Gasteiger charge is 2.13. The molecule has 11 rings (SSSR count). The third-order valence-corrected chi connectivity index (χ3v) is 10.3. The lowest BCUT2D eigenvalue weighted by molar-refractivity contribution is 1.79. The van der Waals surface area contributed by atoms with Crippen LogP contribution in [0.2, 0.25) is 0 Å². The standard InChI is InChI=1S/C44H24/c1-9-29-13-14-30-10-2-26-7-19-35-23-38(26)42(30)41(29)37-21-33(17-5-25(1)37)34-18-6-27-3-11-31-15-16-32-12-4-28-8-20-36(35)24-40(28)44(32)43(31)39(27)22-34/h1-24H. The monoisotopic (exact) mass is 552 g/mol. The molecular weight excluding hydrogens is 528 g/mol. The zero-order valence-corrected chi connectivity index (χ0v) is 23.9. The Balaban J connectivity index is 1.51. The Bertz CT molecular complexity index is 2600. The minimum atomic E-state index is 1.25. The molecule has 0 aliphatic carbocycles. The van der Waals surface area contributed by atoms with Crippen molar-refractivity contribution in [2.75, 3.05) is 0 Å². The summed E-state index contributed by atoms with van der Waals surface area (Å²) in [6, 6.07) is 55.5. The van der Waals surface area contributed by atoms with Gasteiger partial charge in [0.2, 0.25) is 0 Å². The summed E-state index contributed by atoms with van der Waals surface area (Å²) in [5.41, 5.74) is 0. The normalized spacial score (nSPS) is 12.5. The summed E-state index contributed by atoms with van der Waals surface area (Å²) in [6.07, 6.45) is 0. The SMILES string of the molecule is c1cc2ccc3ccc4ccc5ccc6cc5c4c3c2cc1c1ccc2ccc3ccc4ccc5ccc6cc5c4c3c2c1. The van der Waals surface area contributed by atoms with Gasteiger partial charge >= 0.3 is 0 Å². The maximum absolute atomic E-state index is 2.43. The van der Waals surface area contributed by atoms with Gasteiger partial charge in [0.1, 0.15) is 0 Å². The number of fused-ring (bicyclic) bond motifs is 6. The van der Waals surface area contributed by atoms with Crippen molar-refractivity contribution in [1.82, 2.24) is 0 Å². The van der Waals surface area contributed by atoms with Crippen LogP contribution in [0.5, 0.6) is 0 Å². The summed E-state index contributed by atoms with van der Waals surface area (Å²) >= 11 is 0. The van der Waals surface area contributed by atoms with Crippen molar-refractivity contribution in [1.29, 1.82) is 0 Å². The van der Waals surface area contributed by atoms with E-state index >= 15 is 0 Å². The van der Waals surface area contributed by atoms with Crippen molar-refractivity contribution >= 4 is 108 Å². The Hall–Kier alpha value is -5.72. The average Bonchev–Trinajstić information content (AvgIpc) is 3.09. The molecule has 0 radical (unpaired) electrons. The molecule has 0 saturated carbocycles. The molecule has 11 aromatic carbocycles. The van der Waals surface area contributed by atoms with Crippen LogP contribution in [0.15, 0.2) is 146 Å². The van der Waals surface area contributed by atoms with E-state index in [0.29, 0.717) is 0 Å². The summed E-state index contributed by atoms with van der Waals surface area (Å²) in [5.74, 6) is 0. The molecule has 0 fully saturated rings. The van der Waals surface area contributed by atoms with E-state index in [4.69, 9.17) is 0 Å². The van der Waals surface area contributed by atoms with Gasteiger partial charge in [0, 0.05) is 0 Å². The molecule has 0 aromatic heterocycles. The molecule has 0 nitrogen and oxygen atoms in total. The zero-order valence-electron chi connectivity index (χ0n) is 23.9. The van der Waals surface area contributed by atoms with Gasteiger partial charge in [-0.1, -0.05) is 121 Å². The van der Waals surface area contributed by atoms with Crippen LogP contribution in [0, 0.1) is 0 Å². The van der Waals surface area contributed by atoms with Crippen LogP contribution < -0.4 is 0 Å². The van der Waals surface area contributed by atoms with Crippen molar-refractivity contribution in [2.45, 2.75) is 0 Å². The first kappa shape index (κ1) is 22.8. The Labute approximate surface area is 252 Å². The highest BCUT2D eigenvalue weighted by Crippen LogP contribution is 2.41. The molecule has 0 spiro atoms. The molecule has 0 amide bonds. The van der Waals surface area contributed by atoms with Crippen LogP contribution in [0.3, 0.4) is 0 Å². The van der Waals surface area contributed by atoms with E-state index in [1.54, 1.807) is 0 Å². The summed E-state index contributed by atoms with van der Waals surface area (Å²) in [4.78, 5) is 0. The fraction of sp³-hybridized carbons (Fsp3) is 0. The Morgan fingerprint density at radius 3 is 0.523 bits per heavy atom. The first-order valence-corrected chi connectivity index (χ1v) is 15.4. The largest absolute Gasteiger partial charge is 0.0537 e. The molecule has 200 valence electrons. The van der Waals surface area contributed by atoms with Gasteiger partial charge in [-0.05, 0) is 132 Å². The molecule has 0 heterocycles. The van der Waals surface area contributed by atoms with Gasteiger partial charge in [-0.15, -0.1) is 0 Å². The molecule has 0 unspecified atom stereocenters. The Kier molecular flexibility index (Phi) is 4.15. The number of hydrogen-bond acceptors (Lipinski definition) is 0. The molecular formula is C44H24. The third-order valence-electron chi connectivity index (χ3n) is 10.3. The number of benzene rings is 10. The minimum absolute atomic E-state index is 1.25. The molecule has 0 aliphatic heterocycles. The van der Waals surface area contributed by atoms with E-state index in [9.17, 15) is 0 Å². The lowest BCUT2D eigenvalue weighted by atomic mass is 9.90. The molecule has 0 aliphatic rings. The highest BCUT2D eigenvalue weighted by molar-refractivity contribution is 6.31. The first-order chi connectivity index (χ1) is 21.8. The first-order valence-electron chi connectivity index (χ1n) is 15.4. The molecule has 8 bridgehead atoms. The summed E-state index contributed by atoms with van der Waals surface area (Å²) < 4.78 is 0. The topological polar surface area (TPSA) is 0 Å². The van der Waals surface area contributed by atoms with Crippen LogP contribution in [0.4, 0.5) is 0 Å². The number of rotatable bonds is 0. The van der Waals surface area contributed by atoms with Crippen LogP contribution in [-0.2, 0) is 0 Å². The lowest BCUT2D eigenvalue weighted by Gasteiger charge is -2.13. The van der Waals surface area contributed by atoms with E-state index < -0.39 is 0 Å². The van der Waals surface area contributed by atoms with Crippen molar-refractivity contribution in [3.8, 4) is 0 Å². The highest BCUT2D eigenvalue weighted by atomic mass is 14.2. The van der Waals surface area contributed by atoms with Crippen LogP contribution >= 0.6 is 0 Å². The summed E-state index contributed by atoms with van der Waals surface area (Å²) in [5, 5.41) is 25.8. The van der Waals surface area contributed by atoms with E-state index in [-0.39, 0.29) is 0 Å². The van der Waals surface area contributed by atoms with E-state index in [2.05, 4.69) is 146 Å². The fourth-order valence-electron chi connectivity index (χ4n) is 8.10. The Morgan fingerprint density at radius 1 is 0.159 bits per heavy atom. The van der Waals surface area contributed by atoms with Crippen LogP contribution in [0.1, 0.15) is 0 Å².